The normalized spacial score (nSPS) is 18.7. The Balaban J connectivity index is 1.66. The highest BCUT2D eigenvalue weighted by Crippen LogP contribution is 2.23. The summed E-state index contributed by atoms with van der Waals surface area (Å²) in [6.07, 6.45) is 1.73. The largest absolute Gasteiger partial charge is 0.467 e. The molecule has 110 valence electrons. The number of hydrogen-bond acceptors (Lipinski definition) is 3. The third kappa shape index (κ3) is 3.28. The summed E-state index contributed by atoms with van der Waals surface area (Å²) >= 11 is 6.11. The Labute approximate surface area is 128 Å². The van der Waals surface area contributed by atoms with E-state index in [-0.39, 0.29) is 12.0 Å². The first kappa shape index (κ1) is 14.2. The van der Waals surface area contributed by atoms with Gasteiger partial charge >= 0.3 is 0 Å². The minimum atomic E-state index is -0.191. The molecule has 1 atom stereocenters. The number of carbonyl (C=O) groups excluding carboxylic acids is 1. The van der Waals surface area contributed by atoms with Crippen LogP contribution in [0.3, 0.4) is 0 Å². The second-order valence-corrected chi connectivity index (χ2v) is 5.39. The minimum absolute atomic E-state index is 0.0583. The maximum Gasteiger partial charge on any atom is 0.227 e. The number of ether oxygens (including phenoxy) is 1. The summed E-state index contributed by atoms with van der Waals surface area (Å²) in [6, 6.07) is 11.1. The Hall–Kier alpha value is -1.78. The second-order valence-electron chi connectivity index (χ2n) is 4.98. The van der Waals surface area contributed by atoms with E-state index in [0.29, 0.717) is 31.1 Å². The van der Waals surface area contributed by atoms with Crippen molar-refractivity contribution >= 4 is 17.5 Å². The van der Waals surface area contributed by atoms with Crippen molar-refractivity contribution in [3.05, 3.63) is 59.0 Å². The van der Waals surface area contributed by atoms with Crippen LogP contribution in [-0.2, 0) is 16.0 Å². The summed E-state index contributed by atoms with van der Waals surface area (Å²) in [7, 11) is 0. The van der Waals surface area contributed by atoms with E-state index in [4.69, 9.17) is 20.8 Å². The van der Waals surface area contributed by atoms with Crippen molar-refractivity contribution in [3.8, 4) is 0 Å². The quantitative estimate of drug-likeness (QED) is 0.875. The number of benzene rings is 1. The van der Waals surface area contributed by atoms with E-state index in [0.717, 1.165) is 11.3 Å². The maximum atomic E-state index is 12.4. The molecule has 0 aliphatic carbocycles. The van der Waals surface area contributed by atoms with Crippen molar-refractivity contribution in [1.82, 2.24) is 4.90 Å². The van der Waals surface area contributed by atoms with Crippen molar-refractivity contribution in [2.45, 2.75) is 12.5 Å². The van der Waals surface area contributed by atoms with Gasteiger partial charge in [-0.1, -0.05) is 29.8 Å². The van der Waals surface area contributed by atoms with Gasteiger partial charge in [-0.15, -0.1) is 0 Å². The van der Waals surface area contributed by atoms with E-state index in [2.05, 4.69) is 0 Å². The number of amides is 1. The Morgan fingerprint density at radius 1 is 1.29 bits per heavy atom. The number of morpholine rings is 1. The van der Waals surface area contributed by atoms with Crippen molar-refractivity contribution < 1.29 is 13.9 Å². The Bertz CT molecular complexity index is 612. The van der Waals surface area contributed by atoms with Gasteiger partial charge in [-0.05, 0) is 23.8 Å². The number of halogens is 1. The molecule has 0 saturated carbocycles. The van der Waals surface area contributed by atoms with Gasteiger partial charge in [-0.25, -0.2) is 0 Å². The lowest BCUT2D eigenvalue weighted by atomic mass is 10.1. The van der Waals surface area contributed by atoms with Gasteiger partial charge < -0.3 is 14.1 Å². The van der Waals surface area contributed by atoms with Crippen LogP contribution in [-0.4, -0.2) is 30.5 Å². The molecule has 1 fully saturated rings. The molecule has 21 heavy (non-hydrogen) atoms. The molecule has 0 unspecified atom stereocenters. The topological polar surface area (TPSA) is 42.7 Å². The van der Waals surface area contributed by atoms with Gasteiger partial charge in [0.25, 0.3) is 0 Å². The summed E-state index contributed by atoms with van der Waals surface area (Å²) in [4.78, 5) is 14.2. The van der Waals surface area contributed by atoms with Crippen LogP contribution in [0.1, 0.15) is 17.4 Å². The molecule has 1 amide bonds. The maximum absolute atomic E-state index is 12.4. The van der Waals surface area contributed by atoms with Crippen LogP contribution in [0.15, 0.2) is 47.1 Å². The van der Waals surface area contributed by atoms with Crippen molar-refractivity contribution in [2.75, 3.05) is 19.7 Å². The molecule has 2 heterocycles. The molecule has 1 saturated heterocycles. The van der Waals surface area contributed by atoms with E-state index in [1.54, 1.807) is 17.2 Å². The lowest BCUT2D eigenvalue weighted by Crippen LogP contribution is -2.42. The zero-order chi connectivity index (χ0) is 14.7. The van der Waals surface area contributed by atoms with Crippen LogP contribution < -0.4 is 0 Å². The van der Waals surface area contributed by atoms with Crippen LogP contribution in [0, 0.1) is 0 Å². The number of furan rings is 1. The highest BCUT2D eigenvalue weighted by molar-refractivity contribution is 6.31. The number of rotatable bonds is 3. The van der Waals surface area contributed by atoms with Crippen molar-refractivity contribution in [3.63, 3.8) is 0 Å². The summed E-state index contributed by atoms with van der Waals surface area (Å²) in [6.45, 7) is 1.62. The minimum Gasteiger partial charge on any atom is -0.467 e. The van der Waals surface area contributed by atoms with Crippen LogP contribution in [0.2, 0.25) is 5.02 Å². The summed E-state index contributed by atoms with van der Waals surface area (Å²) in [5.74, 6) is 0.813. The molecule has 0 bridgehead atoms. The van der Waals surface area contributed by atoms with Gasteiger partial charge in [-0.2, -0.15) is 0 Å². The molecule has 0 radical (unpaired) electrons. The van der Waals surface area contributed by atoms with Crippen LogP contribution in [0.4, 0.5) is 0 Å². The molecule has 0 spiro atoms. The average Bonchev–Trinajstić information content (AvgIpc) is 3.04. The van der Waals surface area contributed by atoms with Gasteiger partial charge in [0.2, 0.25) is 5.91 Å². The Morgan fingerprint density at radius 3 is 2.90 bits per heavy atom. The second kappa shape index (κ2) is 6.33. The van der Waals surface area contributed by atoms with E-state index >= 15 is 0 Å². The fourth-order valence-corrected chi connectivity index (χ4v) is 2.64. The van der Waals surface area contributed by atoms with Gasteiger partial charge in [0, 0.05) is 11.6 Å². The molecule has 0 N–H and O–H groups in total. The molecular weight excluding hydrogens is 290 g/mol. The first-order valence-electron chi connectivity index (χ1n) is 6.90. The van der Waals surface area contributed by atoms with E-state index in [1.165, 1.54) is 0 Å². The summed E-state index contributed by atoms with van der Waals surface area (Å²) < 4.78 is 11.0. The highest BCUT2D eigenvalue weighted by Gasteiger charge is 2.27. The molecule has 1 aromatic carbocycles. The molecule has 1 aliphatic rings. The summed E-state index contributed by atoms with van der Waals surface area (Å²) in [5.41, 5.74) is 0.852. The van der Waals surface area contributed by atoms with Gasteiger partial charge in [0.05, 0.1) is 25.8 Å². The predicted molar refractivity (Wildman–Crippen MR) is 79.1 cm³/mol. The highest BCUT2D eigenvalue weighted by atomic mass is 35.5. The van der Waals surface area contributed by atoms with E-state index < -0.39 is 0 Å². The van der Waals surface area contributed by atoms with Gasteiger partial charge in [0.1, 0.15) is 11.9 Å². The Morgan fingerprint density at radius 2 is 2.14 bits per heavy atom. The zero-order valence-electron chi connectivity index (χ0n) is 11.5. The fraction of sp³-hybridized carbons (Fsp3) is 0.312. The third-order valence-corrected chi connectivity index (χ3v) is 3.95. The molecule has 3 rings (SSSR count). The Kier molecular flexibility index (Phi) is 4.27. The van der Waals surface area contributed by atoms with E-state index in [9.17, 15) is 4.79 Å². The molecular formula is C16H16ClNO3. The molecule has 4 nitrogen and oxygen atoms in total. The van der Waals surface area contributed by atoms with Gasteiger partial charge in [-0.3, -0.25) is 4.79 Å². The smallest absolute Gasteiger partial charge is 0.227 e. The summed E-state index contributed by atoms with van der Waals surface area (Å²) in [5, 5.41) is 0.627. The van der Waals surface area contributed by atoms with Crippen LogP contribution in [0.5, 0.6) is 0 Å². The monoisotopic (exact) mass is 305 g/mol. The van der Waals surface area contributed by atoms with Crippen LogP contribution in [0.25, 0.3) is 0 Å². The third-order valence-electron chi connectivity index (χ3n) is 3.58. The lowest BCUT2D eigenvalue weighted by Gasteiger charge is -2.32. The first-order valence-corrected chi connectivity index (χ1v) is 7.28. The molecule has 5 heteroatoms. The number of hydrogen-bond donors (Lipinski definition) is 0. The number of carbonyl (C=O) groups is 1. The SMILES string of the molecule is O=C(Cc1ccccc1Cl)N1CCO[C@H](c2ccco2)C1. The van der Waals surface area contributed by atoms with Crippen LogP contribution >= 0.6 is 11.6 Å². The lowest BCUT2D eigenvalue weighted by molar-refractivity contribution is -0.138. The predicted octanol–water partition coefficient (Wildman–Crippen LogP) is 3.08. The molecule has 2 aromatic rings. The standard InChI is InChI=1S/C16H16ClNO3/c17-13-5-2-1-4-12(13)10-16(19)18-7-9-21-15(11-18)14-6-3-8-20-14/h1-6,8,15H,7,9-11H2/t15-/m0/s1. The van der Waals surface area contributed by atoms with Crippen molar-refractivity contribution in [1.29, 1.82) is 0 Å². The molecule has 1 aliphatic heterocycles. The zero-order valence-corrected chi connectivity index (χ0v) is 12.3. The van der Waals surface area contributed by atoms with E-state index in [1.807, 2.05) is 30.3 Å². The average molecular weight is 306 g/mol. The fourth-order valence-electron chi connectivity index (χ4n) is 2.44. The molecule has 1 aromatic heterocycles. The van der Waals surface area contributed by atoms with Crippen molar-refractivity contribution in [2.24, 2.45) is 0 Å². The number of nitrogens with zero attached hydrogens (tertiary/aromatic N) is 1. The van der Waals surface area contributed by atoms with Gasteiger partial charge in [0.15, 0.2) is 0 Å². The first-order chi connectivity index (χ1) is 10.2.